The standard InChI is InChI=1S/C30H30N2O5/c1-2-3-17-27(29(35)32(19-28(33)34)18-21-11-5-4-6-12-21)31-30(36)37-20-26-24-15-9-7-13-22(24)23-14-8-10-16-25(23)26/h2,4-16,26-27H,1,3,17-20H2,(H,31,36)(H,33,34). The Morgan fingerprint density at radius 1 is 0.946 bits per heavy atom. The van der Waals surface area contributed by atoms with Crippen molar-refractivity contribution in [2.45, 2.75) is 31.3 Å². The minimum atomic E-state index is -1.13. The van der Waals surface area contributed by atoms with E-state index in [2.05, 4.69) is 24.0 Å². The summed E-state index contributed by atoms with van der Waals surface area (Å²) in [6.45, 7) is 3.45. The number of ether oxygens (including phenoxy) is 1. The number of allylic oxidation sites excluding steroid dienone is 1. The number of hydrogen-bond donors (Lipinski definition) is 2. The van der Waals surface area contributed by atoms with Gasteiger partial charge in [-0.3, -0.25) is 9.59 Å². The van der Waals surface area contributed by atoms with Gasteiger partial charge in [-0.15, -0.1) is 6.58 Å². The maximum Gasteiger partial charge on any atom is 0.407 e. The molecule has 0 spiro atoms. The molecule has 2 N–H and O–H groups in total. The second-order valence-corrected chi connectivity index (χ2v) is 8.96. The van der Waals surface area contributed by atoms with Crippen LogP contribution in [0.3, 0.4) is 0 Å². The largest absolute Gasteiger partial charge is 0.480 e. The number of carboxylic acid groups (broad SMARTS) is 1. The number of carboxylic acids is 1. The summed E-state index contributed by atoms with van der Waals surface area (Å²) in [5.74, 6) is -1.73. The van der Waals surface area contributed by atoms with E-state index in [4.69, 9.17) is 4.74 Å². The molecule has 3 aromatic rings. The van der Waals surface area contributed by atoms with Crippen LogP contribution in [0.25, 0.3) is 11.1 Å². The third kappa shape index (κ3) is 6.25. The number of carbonyl (C=O) groups excluding carboxylic acids is 2. The van der Waals surface area contributed by atoms with Crippen LogP contribution in [-0.4, -0.2) is 47.2 Å². The third-order valence-electron chi connectivity index (χ3n) is 6.45. The SMILES string of the molecule is C=CCCC(NC(=O)OCC1c2ccccc2-c2ccccc21)C(=O)N(CC(=O)O)Cc1ccccc1. The zero-order valence-corrected chi connectivity index (χ0v) is 20.5. The maximum atomic E-state index is 13.4. The highest BCUT2D eigenvalue weighted by molar-refractivity contribution is 5.88. The van der Waals surface area contributed by atoms with Gasteiger partial charge < -0.3 is 20.1 Å². The van der Waals surface area contributed by atoms with Crippen LogP contribution in [0, 0.1) is 0 Å². The van der Waals surface area contributed by atoms with E-state index in [0.717, 1.165) is 27.8 Å². The van der Waals surface area contributed by atoms with E-state index in [1.807, 2.05) is 66.7 Å². The van der Waals surface area contributed by atoms with Gasteiger partial charge in [-0.1, -0.05) is 84.9 Å². The zero-order chi connectivity index (χ0) is 26.2. The van der Waals surface area contributed by atoms with E-state index in [-0.39, 0.29) is 25.5 Å². The molecular formula is C30H30N2O5. The fraction of sp³-hybridized carbons (Fsp3) is 0.233. The summed E-state index contributed by atoms with van der Waals surface area (Å²) in [6.07, 6.45) is 1.67. The van der Waals surface area contributed by atoms with Gasteiger partial charge in [0.05, 0.1) is 0 Å². The molecule has 0 fully saturated rings. The van der Waals surface area contributed by atoms with Crippen molar-refractivity contribution >= 4 is 18.0 Å². The first kappa shape index (κ1) is 25.7. The van der Waals surface area contributed by atoms with E-state index < -0.39 is 30.6 Å². The van der Waals surface area contributed by atoms with E-state index >= 15 is 0 Å². The Labute approximate surface area is 216 Å². The van der Waals surface area contributed by atoms with Gasteiger partial charge >= 0.3 is 12.1 Å². The number of amides is 2. The highest BCUT2D eigenvalue weighted by Crippen LogP contribution is 2.44. The molecule has 0 bridgehead atoms. The molecule has 1 aliphatic rings. The van der Waals surface area contributed by atoms with Gasteiger partial charge in [-0.25, -0.2) is 4.79 Å². The second-order valence-electron chi connectivity index (χ2n) is 8.96. The third-order valence-corrected chi connectivity index (χ3v) is 6.45. The molecule has 1 atom stereocenters. The predicted molar refractivity (Wildman–Crippen MR) is 141 cm³/mol. The van der Waals surface area contributed by atoms with Crippen molar-refractivity contribution in [3.63, 3.8) is 0 Å². The normalized spacial score (nSPS) is 12.6. The van der Waals surface area contributed by atoms with E-state index in [1.165, 1.54) is 4.90 Å². The number of nitrogens with one attached hydrogen (secondary N) is 1. The number of benzene rings is 3. The molecule has 7 heteroatoms. The fourth-order valence-corrected chi connectivity index (χ4v) is 4.72. The molecule has 7 nitrogen and oxygen atoms in total. The molecule has 190 valence electrons. The predicted octanol–water partition coefficient (Wildman–Crippen LogP) is 4.97. The summed E-state index contributed by atoms with van der Waals surface area (Å²) < 4.78 is 5.62. The molecule has 2 amide bonds. The topological polar surface area (TPSA) is 95.9 Å². The highest BCUT2D eigenvalue weighted by Gasteiger charge is 2.31. The smallest absolute Gasteiger partial charge is 0.407 e. The van der Waals surface area contributed by atoms with Crippen LogP contribution >= 0.6 is 0 Å². The molecule has 4 rings (SSSR count). The van der Waals surface area contributed by atoms with Gasteiger partial charge in [0.1, 0.15) is 19.2 Å². The molecule has 0 aromatic heterocycles. The Balaban J connectivity index is 1.45. The second kappa shape index (κ2) is 12.0. The first-order valence-electron chi connectivity index (χ1n) is 12.2. The Hall–Kier alpha value is -4.39. The van der Waals surface area contributed by atoms with Crippen LogP contribution in [0.2, 0.25) is 0 Å². The minimum absolute atomic E-state index is 0.109. The van der Waals surface area contributed by atoms with Crippen LogP contribution in [0.5, 0.6) is 0 Å². The molecule has 0 aliphatic heterocycles. The molecule has 0 saturated heterocycles. The average Bonchev–Trinajstić information content (AvgIpc) is 3.23. The monoisotopic (exact) mass is 498 g/mol. The molecule has 0 heterocycles. The van der Waals surface area contributed by atoms with Crippen molar-refractivity contribution in [1.29, 1.82) is 0 Å². The summed E-state index contributed by atoms with van der Waals surface area (Å²) in [7, 11) is 0. The zero-order valence-electron chi connectivity index (χ0n) is 20.5. The van der Waals surface area contributed by atoms with Gasteiger partial charge in [0.2, 0.25) is 5.91 Å². The van der Waals surface area contributed by atoms with Crippen LogP contribution in [0.4, 0.5) is 4.79 Å². The number of hydrogen-bond acceptors (Lipinski definition) is 4. The summed E-state index contributed by atoms with van der Waals surface area (Å²) in [6, 6.07) is 24.3. The lowest BCUT2D eigenvalue weighted by molar-refractivity contribution is -0.145. The summed E-state index contributed by atoms with van der Waals surface area (Å²) in [4.78, 5) is 39.0. The number of nitrogens with zero attached hydrogens (tertiary/aromatic N) is 1. The van der Waals surface area contributed by atoms with Gasteiger partial charge in [0.15, 0.2) is 0 Å². The Morgan fingerprint density at radius 3 is 2.14 bits per heavy atom. The summed E-state index contributed by atoms with van der Waals surface area (Å²) >= 11 is 0. The van der Waals surface area contributed by atoms with Gasteiger partial charge in [0.25, 0.3) is 0 Å². The van der Waals surface area contributed by atoms with Gasteiger partial charge in [0, 0.05) is 12.5 Å². The lowest BCUT2D eigenvalue weighted by atomic mass is 9.98. The van der Waals surface area contributed by atoms with Crippen LogP contribution < -0.4 is 5.32 Å². The van der Waals surface area contributed by atoms with Crippen LogP contribution in [0.1, 0.15) is 35.4 Å². The molecule has 3 aromatic carbocycles. The lowest BCUT2D eigenvalue weighted by Crippen LogP contribution is -2.49. The first-order chi connectivity index (χ1) is 18.0. The number of aliphatic carboxylic acids is 1. The van der Waals surface area contributed by atoms with Crippen LogP contribution in [-0.2, 0) is 20.9 Å². The number of rotatable bonds is 11. The molecular weight excluding hydrogens is 468 g/mol. The van der Waals surface area contributed by atoms with Crippen LogP contribution in [0.15, 0.2) is 91.5 Å². The van der Waals surface area contributed by atoms with Crippen molar-refractivity contribution in [2.75, 3.05) is 13.2 Å². The van der Waals surface area contributed by atoms with Gasteiger partial charge in [-0.2, -0.15) is 0 Å². The van der Waals surface area contributed by atoms with E-state index in [0.29, 0.717) is 6.42 Å². The quantitative estimate of drug-likeness (QED) is 0.364. The van der Waals surface area contributed by atoms with Crippen molar-refractivity contribution in [3.8, 4) is 11.1 Å². The highest BCUT2D eigenvalue weighted by atomic mass is 16.5. The van der Waals surface area contributed by atoms with Crippen molar-refractivity contribution in [3.05, 3.63) is 108 Å². The number of alkyl carbamates (subject to hydrolysis) is 1. The Kier molecular flexibility index (Phi) is 8.36. The van der Waals surface area contributed by atoms with Crippen molar-refractivity contribution < 1.29 is 24.2 Å². The Morgan fingerprint density at radius 2 is 1.54 bits per heavy atom. The lowest BCUT2D eigenvalue weighted by Gasteiger charge is -2.27. The number of fused-ring (bicyclic) bond motifs is 3. The molecule has 0 saturated carbocycles. The number of carbonyl (C=O) groups is 3. The van der Waals surface area contributed by atoms with E-state index in [9.17, 15) is 19.5 Å². The molecule has 1 aliphatic carbocycles. The van der Waals surface area contributed by atoms with E-state index in [1.54, 1.807) is 6.08 Å². The molecule has 0 radical (unpaired) electrons. The summed E-state index contributed by atoms with van der Waals surface area (Å²) in [5, 5.41) is 12.1. The first-order valence-corrected chi connectivity index (χ1v) is 12.2. The average molecular weight is 499 g/mol. The van der Waals surface area contributed by atoms with Crippen molar-refractivity contribution in [2.24, 2.45) is 0 Å². The minimum Gasteiger partial charge on any atom is -0.480 e. The fourth-order valence-electron chi connectivity index (χ4n) is 4.72. The molecule has 37 heavy (non-hydrogen) atoms. The van der Waals surface area contributed by atoms with Gasteiger partial charge in [-0.05, 0) is 40.7 Å². The maximum absolute atomic E-state index is 13.4. The molecule has 1 unspecified atom stereocenters. The van der Waals surface area contributed by atoms with Crippen molar-refractivity contribution in [1.82, 2.24) is 10.2 Å². The summed E-state index contributed by atoms with van der Waals surface area (Å²) in [5.41, 5.74) is 5.21. The Bertz CT molecular complexity index is 1230.